The van der Waals surface area contributed by atoms with Crippen LogP contribution < -0.4 is 20.0 Å². The molecule has 3 aromatic heterocycles. The maximum absolute atomic E-state index is 12.6. The van der Waals surface area contributed by atoms with E-state index in [1.807, 2.05) is 36.2 Å². The molecule has 1 aliphatic heterocycles. The van der Waals surface area contributed by atoms with Crippen LogP contribution in [0.3, 0.4) is 0 Å². The monoisotopic (exact) mass is 462 g/mol. The van der Waals surface area contributed by atoms with Crippen LogP contribution in [0, 0.1) is 0 Å². The number of rotatable bonds is 8. The molecular formula is C24H30N8O2. The summed E-state index contributed by atoms with van der Waals surface area (Å²) in [7, 11) is 0. The van der Waals surface area contributed by atoms with Gasteiger partial charge in [-0.1, -0.05) is 6.07 Å². The number of pyridine rings is 2. The Morgan fingerprint density at radius 3 is 2.56 bits per heavy atom. The number of carbonyl (C=O) groups is 1. The van der Waals surface area contributed by atoms with Crippen molar-refractivity contribution < 1.29 is 9.90 Å². The SMILES string of the molecule is CCN(CCO)c1ccc(C(=O)Nc2cnc(N3CCN(c4ccccn4)C[C@@H]3C)nc2)cn1. The molecule has 0 aromatic carbocycles. The van der Waals surface area contributed by atoms with E-state index in [0.29, 0.717) is 23.7 Å². The fraction of sp³-hybridized carbons (Fsp3) is 0.375. The molecule has 34 heavy (non-hydrogen) atoms. The number of nitrogens with zero attached hydrogens (tertiary/aromatic N) is 7. The van der Waals surface area contributed by atoms with Crippen molar-refractivity contribution in [3.05, 3.63) is 60.7 Å². The van der Waals surface area contributed by atoms with Gasteiger partial charge < -0.3 is 25.1 Å². The van der Waals surface area contributed by atoms with Crippen LogP contribution in [0.4, 0.5) is 23.3 Å². The minimum atomic E-state index is -0.280. The second-order valence-electron chi connectivity index (χ2n) is 8.11. The molecule has 4 heterocycles. The van der Waals surface area contributed by atoms with Crippen LogP contribution in [0.2, 0.25) is 0 Å². The van der Waals surface area contributed by atoms with E-state index in [-0.39, 0.29) is 18.6 Å². The first-order chi connectivity index (χ1) is 16.6. The van der Waals surface area contributed by atoms with E-state index in [1.165, 1.54) is 6.20 Å². The molecule has 10 nitrogen and oxygen atoms in total. The van der Waals surface area contributed by atoms with E-state index in [0.717, 1.165) is 37.8 Å². The molecule has 178 valence electrons. The summed E-state index contributed by atoms with van der Waals surface area (Å²) < 4.78 is 0. The minimum Gasteiger partial charge on any atom is -0.395 e. The number of hydrogen-bond acceptors (Lipinski definition) is 9. The van der Waals surface area contributed by atoms with Gasteiger partial charge in [-0.15, -0.1) is 0 Å². The lowest BCUT2D eigenvalue weighted by molar-refractivity contribution is 0.102. The first-order valence-corrected chi connectivity index (χ1v) is 11.5. The summed E-state index contributed by atoms with van der Waals surface area (Å²) in [6.07, 6.45) is 6.59. The van der Waals surface area contributed by atoms with Gasteiger partial charge in [-0.3, -0.25) is 4.79 Å². The van der Waals surface area contributed by atoms with Crippen LogP contribution in [0.25, 0.3) is 0 Å². The Morgan fingerprint density at radius 1 is 1.12 bits per heavy atom. The van der Waals surface area contributed by atoms with E-state index in [4.69, 9.17) is 5.11 Å². The molecule has 10 heteroatoms. The third kappa shape index (κ3) is 5.40. The zero-order valence-corrected chi connectivity index (χ0v) is 19.5. The zero-order valence-electron chi connectivity index (χ0n) is 19.5. The van der Waals surface area contributed by atoms with Crippen molar-refractivity contribution in [2.45, 2.75) is 19.9 Å². The average molecular weight is 463 g/mol. The summed E-state index contributed by atoms with van der Waals surface area (Å²) in [5, 5.41) is 12.0. The van der Waals surface area contributed by atoms with Gasteiger partial charge in [-0.05, 0) is 38.1 Å². The van der Waals surface area contributed by atoms with E-state index in [9.17, 15) is 4.79 Å². The van der Waals surface area contributed by atoms with E-state index in [1.54, 1.807) is 24.5 Å². The van der Waals surface area contributed by atoms with Crippen molar-refractivity contribution in [3.63, 3.8) is 0 Å². The van der Waals surface area contributed by atoms with Gasteiger partial charge in [0.05, 0.1) is 30.3 Å². The van der Waals surface area contributed by atoms with Crippen LogP contribution >= 0.6 is 0 Å². The number of hydrogen-bond donors (Lipinski definition) is 2. The molecule has 1 aliphatic rings. The number of aliphatic hydroxyl groups excluding tert-OH is 1. The Hall–Kier alpha value is -3.79. The number of likely N-dealkylation sites (N-methyl/N-ethyl adjacent to an activating group) is 1. The predicted molar refractivity (Wildman–Crippen MR) is 132 cm³/mol. The largest absolute Gasteiger partial charge is 0.395 e. The molecule has 1 atom stereocenters. The third-order valence-corrected chi connectivity index (χ3v) is 5.84. The molecule has 4 rings (SSSR count). The molecule has 0 saturated carbocycles. The van der Waals surface area contributed by atoms with Crippen molar-refractivity contribution in [1.29, 1.82) is 0 Å². The summed E-state index contributed by atoms with van der Waals surface area (Å²) in [5.41, 5.74) is 0.959. The van der Waals surface area contributed by atoms with Crippen molar-refractivity contribution in [3.8, 4) is 0 Å². The Balaban J connectivity index is 1.35. The van der Waals surface area contributed by atoms with Crippen LogP contribution in [0.15, 0.2) is 55.1 Å². The smallest absolute Gasteiger partial charge is 0.257 e. The molecule has 1 saturated heterocycles. The first kappa shape index (κ1) is 23.4. The van der Waals surface area contributed by atoms with E-state index in [2.05, 4.69) is 42.0 Å². The van der Waals surface area contributed by atoms with Crippen LogP contribution in [0.5, 0.6) is 0 Å². The Bertz CT molecular complexity index is 1060. The number of carbonyl (C=O) groups excluding carboxylic acids is 1. The van der Waals surface area contributed by atoms with Gasteiger partial charge in [-0.2, -0.15) is 0 Å². The number of nitrogens with one attached hydrogen (secondary N) is 1. The minimum absolute atomic E-state index is 0.0481. The number of piperazine rings is 1. The third-order valence-electron chi connectivity index (χ3n) is 5.84. The lowest BCUT2D eigenvalue weighted by Gasteiger charge is -2.40. The first-order valence-electron chi connectivity index (χ1n) is 11.5. The summed E-state index contributed by atoms with van der Waals surface area (Å²) in [4.78, 5) is 36.7. The number of aromatic nitrogens is 4. The molecular weight excluding hydrogens is 432 g/mol. The Labute approximate surface area is 199 Å². The zero-order chi connectivity index (χ0) is 23.9. The topological polar surface area (TPSA) is 111 Å². The average Bonchev–Trinajstić information content (AvgIpc) is 2.88. The van der Waals surface area contributed by atoms with Gasteiger partial charge >= 0.3 is 0 Å². The standard InChI is InChI=1S/C24H30N8O2/c1-3-30(12-13-33)22-8-7-19(14-26-22)23(34)29-20-15-27-24(28-16-20)32-11-10-31(17-18(32)2)21-6-4-5-9-25-21/h4-9,14-16,18,33H,3,10-13,17H2,1-2H3,(H,29,34)/t18-/m0/s1. The highest BCUT2D eigenvalue weighted by Gasteiger charge is 2.26. The molecule has 1 fully saturated rings. The van der Waals surface area contributed by atoms with Crippen molar-refractivity contribution in [2.75, 3.05) is 59.3 Å². The van der Waals surface area contributed by atoms with Gasteiger partial charge in [0.25, 0.3) is 5.91 Å². The summed E-state index contributed by atoms with van der Waals surface area (Å²) in [6.45, 7) is 7.84. The van der Waals surface area contributed by atoms with Crippen LogP contribution in [-0.2, 0) is 0 Å². The second-order valence-corrected chi connectivity index (χ2v) is 8.11. The molecule has 0 bridgehead atoms. The van der Waals surface area contributed by atoms with Crippen molar-refractivity contribution in [1.82, 2.24) is 19.9 Å². The predicted octanol–water partition coefficient (Wildman–Crippen LogP) is 2.05. The molecule has 1 amide bonds. The maximum atomic E-state index is 12.6. The molecule has 3 aromatic rings. The molecule has 0 radical (unpaired) electrons. The highest BCUT2D eigenvalue weighted by molar-refractivity contribution is 6.04. The maximum Gasteiger partial charge on any atom is 0.257 e. The second kappa shape index (κ2) is 10.9. The lowest BCUT2D eigenvalue weighted by atomic mass is 10.2. The summed E-state index contributed by atoms with van der Waals surface area (Å²) >= 11 is 0. The van der Waals surface area contributed by atoms with E-state index < -0.39 is 0 Å². The quantitative estimate of drug-likeness (QED) is 0.520. The Morgan fingerprint density at radius 2 is 1.94 bits per heavy atom. The fourth-order valence-electron chi connectivity index (χ4n) is 4.00. The van der Waals surface area contributed by atoms with Crippen LogP contribution in [0.1, 0.15) is 24.2 Å². The van der Waals surface area contributed by atoms with E-state index >= 15 is 0 Å². The van der Waals surface area contributed by atoms with Crippen molar-refractivity contribution >= 4 is 29.2 Å². The van der Waals surface area contributed by atoms with Gasteiger partial charge in [0.15, 0.2) is 0 Å². The fourth-order valence-corrected chi connectivity index (χ4v) is 4.00. The van der Waals surface area contributed by atoms with Gasteiger partial charge in [0, 0.05) is 51.2 Å². The number of amides is 1. The summed E-state index contributed by atoms with van der Waals surface area (Å²) in [6, 6.07) is 9.65. The molecule has 2 N–H and O–H groups in total. The summed E-state index contributed by atoms with van der Waals surface area (Å²) in [5.74, 6) is 2.06. The molecule has 0 aliphatic carbocycles. The van der Waals surface area contributed by atoms with Gasteiger partial charge in [0.1, 0.15) is 11.6 Å². The molecule has 0 unspecified atom stereocenters. The highest BCUT2D eigenvalue weighted by Crippen LogP contribution is 2.21. The van der Waals surface area contributed by atoms with Crippen molar-refractivity contribution in [2.24, 2.45) is 0 Å². The normalized spacial score (nSPS) is 15.8. The van der Waals surface area contributed by atoms with Gasteiger partial charge in [0.2, 0.25) is 5.95 Å². The number of anilines is 4. The van der Waals surface area contributed by atoms with Gasteiger partial charge in [-0.25, -0.2) is 19.9 Å². The van der Waals surface area contributed by atoms with Crippen LogP contribution in [-0.4, -0.2) is 76.3 Å². The number of aliphatic hydroxyl groups is 1. The highest BCUT2D eigenvalue weighted by atomic mass is 16.3. The molecule has 0 spiro atoms. The lowest BCUT2D eigenvalue weighted by Crippen LogP contribution is -2.53. The Kier molecular flexibility index (Phi) is 7.48.